The summed E-state index contributed by atoms with van der Waals surface area (Å²) in [7, 11) is 0. The van der Waals surface area contributed by atoms with Gasteiger partial charge in [0.25, 0.3) is 0 Å². The largest absolute Gasteiger partial charge is 0.389 e. The first kappa shape index (κ1) is 11.1. The van der Waals surface area contributed by atoms with Crippen LogP contribution < -0.4 is 0 Å². The Labute approximate surface area is 77.5 Å². The van der Waals surface area contributed by atoms with Crippen molar-refractivity contribution in [3.8, 4) is 0 Å². The van der Waals surface area contributed by atoms with E-state index in [-0.39, 0.29) is 12.2 Å². The molecule has 0 aromatic rings. The predicted octanol–water partition coefficient (Wildman–Crippen LogP) is 2.14. The van der Waals surface area contributed by atoms with Gasteiger partial charge in [0, 0.05) is 12.2 Å². The van der Waals surface area contributed by atoms with Crippen LogP contribution in [-0.2, 0) is 0 Å². The van der Waals surface area contributed by atoms with Gasteiger partial charge in [0.2, 0.25) is 0 Å². The minimum Gasteiger partial charge on any atom is -0.389 e. The van der Waals surface area contributed by atoms with Gasteiger partial charge in [-0.1, -0.05) is 0 Å². The second-order valence-corrected chi connectivity index (χ2v) is 4.37. The van der Waals surface area contributed by atoms with E-state index in [4.69, 9.17) is 0 Å². The summed E-state index contributed by atoms with van der Waals surface area (Å²) in [6, 6.07) is 0. The number of rotatable bonds is 3. The molecule has 1 atom stereocenters. The van der Waals surface area contributed by atoms with Gasteiger partial charge in [0.15, 0.2) is 0 Å². The fourth-order valence-electron chi connectivity index (χ4n) is 1.25. The van der Waals surface area contributed by atoms with Crippen molar-refractivity contribution in [1.82, 2.24) is 0 Å². The van der Waals surface area contributed by atoms with E-state index in [1.165, 1.54) is 11.8 Å². The van der Waals surface area contributed by atoms with E-state index in [9.17, 15) is 22.7 Å². The second kappa shape index (κ2) is 3.65. The van der Waals surface area contributed by atoms with Crippen LogP contribution in [0, 0.1) is 0 Å². The van der Waals surface area contributed by atoms with Crippen LogP contribution in [-0.4, -0.2) is 34.6 Å². The first-order chi connectivity index (χ1) is 5.86. The maximum atomic E-state index is 12.5. The molecular formula is C7H10F4OS. The molecule has 1 saturated heterocycles. The van der Waals surface area contributed by atoms with Gasteiger partial charge in [0.05, 0.1) is 5.60 Å². The van der Waals surface area contributed by atoms with Gasteiger partial charge in [-0.05, 0) is 12.2 Å². The number of halogens is 4. The zero-order valence-electron chi connectivity index (χ0n) is 6.77. The van der Waals surface area contributed by atoms with Gasteiger partial charge in [0.1, 0.15) is 0 Å². The number of hydrogen-bond donors (Lipinski definition) is 1. The third kappa shape index (κ3) is 2.74. The lowest BCUT2D eigenvalue weighted by molar-refractivity contribution is -0.163. The molecule has 1 rings (SSSR count). The van der Waals surface area contributed by atoms with Crippen LogP contribution in [0.3, 0.4) is 0 Å². The molecule has 0 bridgehead atoms. The monoisotopic (exact) mass is 218 g/mol. The molecule has 1 heterocycles. The number of hydrogen-bond acceptors (Lipinski definition) is 2. The molecular weight excluding hydrogens is 208 g/mol. The average molecular weight is 218 g/mol. The molecule has 6 heteroatoms. The number of alkyl halides is 4. The quantitative estimate of drug-likeness (QED) is 0.732. The normalized spacial score (nSPS) is 30.0. The van der Waals surface area contributed by atoms with Gasteiger partial charge < -0.3 is 5.11 Å². The van der Waals surface area contributed by atoms with Crippen LogP contribution in [0.15, 0.2) is 0 Å². The van der Waals surface area contributed by atoms with E-state index in [1.54, 1.807) is 0 Å². The second-order valence-electron chi connectivity index (χ2n) is 3.27. The summed E-state index contributed by atoms with van der Waals surface area (Å²) in [5.74, 6) is -3.40. The molecule has 0 aromatic heterocycles. The molecule has 0 saturated carbocycles. The molecule has 1 fully saturated rings. The van der Waals surface area contributed by atoms with Crippen LogP contribution in [0.4, 0.5) is 17.6 Å². The highest BCUT2D eigenvalue weighted by Gasteiger charge is 2.48. The zero-order chi connectivity index (χ0) is 10.1. The summed E-state index contributed by atoms with van der Waals surface area (Å²) in [5, 5.41) is 9.44. The van der Waals surface area contributed by atoms with E-state index >= 15 is 0 Å². The summed E-state index contributed by atoms with van der Waals surface area (Å²) in [6.45, 7) is 0. The minimum absolute atomic E-state index is 0.120. The van der Waals surface area contributed by atoms with Crippen LogP contribution in [0.25, 0.3) is 0 Å². The van der Waals surface area contributed by atoms with Crippen molar-refractivity contribution < 1.29 is 22.7 Å². The minimum atomic E-state index is -4.07. The van der Waals surface area contributed by atoms with E-state index in [1.807, 2.05) is 0 Å². The molecule has 1 N–H and O–H groups in total. The molecule has 0 amide bonds. The molecule has 78 valence electrons. The van der Waals surface area contributed by atoms with E-state index in [0.29, 0.717) is 5.75 Å². The fraction of sp³-hybridized carbons (Fsp3) is 1.00. The highest BCUT2D eigenvalue weighted by atomic mass is 32.2. The Hall–Kier alpha value is 0.0300. The van der Waals surface area contributed by atoms with Crippen LogP contribution in [0.1, 0.15) is 12.8 Å². The van der Waals surface area contributed by atoms with Crippen LogP contribution >= 0.6 is 11.8 Å². The van der Waals surface area contributed by atoms with Gasteiger partial charge in [-0.3, -0.25) is 0 Å². The highest BCUT2D eigenvalue weighted by molar-refractivity contribution is 7.99. The molecule has 1 aliphatic heterocycles. The Balaban J connectivity index is 2.56. The van der Waals surface area contributed by atoms with Crippen molar-refractivity contribution in [3.05, 3.63) is 0 Å². The van der Waals surface area contributed by atoms with E-state index < -0.39 is 24.4 Å². The van der Waals surface area contributed by atoms with Crippen molar-refractivity contribution in [2.45, 2.75) is 30.8 Å². The summed E-state index contributed by atoms with van der Waals surface area (Å²) in [5.41, 5.74) is -1.61. The average Bonchev–Trinajstić information content (AvgIpc) is 2.34. The van der Waals surface area contributed by atoms with Crippen LogP contribution in [0.5, 0.6) is 0 Å². The maximum absolute atomic E-state index is 12.5. The molecule has 0 radical (unpaired) electrons. The topological polar surface area (TPSA) is 20.2 Å². The van der Waals surface area contributed by atoms with E-state index in [0.717, 1.165) is 0 Å². The van der Waals surface area contributed by atoms with Gasteiger partial charge in [-0.2, -0.15) is 11.8 Å². The molecule has 13 heavy (non-hydrogen) atoms. The molecule has 1 aliphatic rings. The first-order valence-electron chi connectivity index (χ1n) is 3.82. The lowest BCUT2D eigenvalue weighted by atomic mass is 9.95. The van der Waals surface area contributed by atoms with Gasteiger partial charge in [-0.15, -0.1) is 0 Å². The van der Waals surface area contributed by atoms with Crippen molar-refractivity contribution >= 4 is 11.8 Å². The molecule has 0 spiro atoms. The summed E-state index contributed by atoms with van der Waals surface area (Å²) in [6.07, 6.45) is -4.66. The standard InChI is InChI=1S/C7H10F4OS/c8-5(9)7(10,11)3-6(12)1-2-13-4-6/h5,12H,1-4H2. The molecule has 1 nitrogen and oxygen atoms in total. The summed E-state index contributed by atoms with van der Waals surface area (Å²) in [4.78, 5) is 0. The maximum Gasteiger partial charge on any atom is 0.310 e. The van der Waals surface area contributed by atoms with Crippen molar-refractivity contribution in [2.24, 2.45) is 0 Å². The Bertz CT molecular complexity index is 177. The number of aliphatic hydroxyl groups is 1. The number of thioether (sulfide) groups is 1. The zero-order valence-corrected chi connectivity index (χ0v) is 7.59. The smallest absolute Gasteiger partial charge is 0.310 e. The predicted molar refractivity (Wildman–Crippen MR) is 42.5 cm³/mol. The van der Waals surface area contributed by atoms with Crippen molar-refractivity contribution in [1.29, 1.82) is 0 Å². The summed E-state index contributed by atoms with van der Waals surface area (Å²) < 4.78 is 48.6. The molecule has 1 unspecified atom stereocenters. The summed E-state index contributed by atoms with van der Waals surface area (Å²) >= 11 is 1.31. The fourth-order valence-corrected chi connectivity index (χ4v) is 2.55. The first-order valence-corrected chi connectivity index (χ1v) is 4.97. The molecule has 0 aliphatic carbocycles. The third-order valence-corrected chi connectivity index (χ3v) is 3.20. The Morgan fingerprint density at radius 3 is 2.46 bits per heavy atom. The van der Waals surface area contributed by atoms with Crippen molar-refractivity contribution in [3.63, 3.8) is 0 Å². The van der Waals surface area contributed by atoms with Crippen LogP contribution in [0.2, 0.25) is 0 Å². The lowest BCUT2D eigenvalue weighted by Gasteiger charge is -2.26. The Morgan fingerprint density at radius 2 is 2.08 bits per heavy atom. The van der Waals surface area contributed by atoms with Gasteiger partial charge >= 0.3 is 12.3 Å². The highest BCUT2D eigenvalue weighted by Crippen LogP contribution is 2.39. The SMILES string of the molecule is OC1(CC(F)(F)C(F)F)CCSC1. The lowest BCUT2D eigenvalue weighted by Crippen LogP contribution is -2.40. The Kier molecular flexibility index (Phi) is 3.12. The Morgan fingerprint density at radius 1 is 1.46 bits per heavy atom. The third-order valence-electron chi connectivity index (χ3n) is 1.97. The van der Waals surface area contributed by atoms with Crippen molar-refractivity contribution in [2.75, 3.05) is 11.5 Å². The van der Waals surface area contributed by atoms with E-state index in [2.05, 4.69) is 0 Å². The molecule has 0 aromatic carbocycles. The van der Waals surface area contributed by atoms with Gasteiger partial charge in [-0.25, -0.2) is 17.6 Å².